The lowest BCUT2D eigenvalue weighted by Crippen LogP contribution is -2.38. The van der Waals surface area contributed by atoms with Crippen LogP contribution in [0.1, 0.15) is 31.2 Å². The van der Waals surface area contributed by atoms with Gasteiger partial charge in [0.2, 0.25) is 0 Å². The Morgan fingerprint density at radius 1 is 1.10 bits per heavy atom. The molecule has 0 saturated carbocycles. The fourth-order valence-electron chi connectivity index (χ4n) is 3.66. The minimum absolute atomic E-state index is 0.196. The molecule has 2 saturated heterocycles. The molecule has 0 atom stereocenters. The zero-order valence-corrected chi connectivity index (χ0v) is 13.3. The molecule has 116 valence electrons. The van der Waals surface area contributed by atoms with E-state index in [9.17, 15) is 4.39 Å². The molecular formula is C17H24ClFN2. The fourth-order valence-corrected chi connectivity index (χ4v) is 3.87. The molecule has 0 aromatic heterocycles. The lowest BCUT2D eigenvalue weighted by atomic mass is 9.95. The summed E-state index contributed by atoms with van der Waals surface area (Å²) in [5.74, 6) is 0.999. The molecule has 2 fully saturated rings. The number of likely N-dealkylation sites (tertiary alicyclic amines) is 1. The van der Waals surface area contributed by atoms with Crippen molar-refractivity contribution in [3.8, 4) is 0 Å². The molecule has 2 nitrogen and oxygen atoms in total. The van der Waals surface area contributed by atoms with E-state index < -0.39 is 0 Å². The van der Waals surface area contributed by atoms with E-state index in [1.807, 2.05) is 6.07 Å². The predicted molar refractivity (Wildman–Crippen MR) is 86.6 cm³/mol. The first-order valence-corrected chi connectivity index (χ1v) is 8.61. The van der Waals surface area contributed by atoms with E-state index in [4.69, 9.17) is 11.6 Å². The average Bonchev–Trinajstić information content (AvgIpc) is 3.01. The van der Waals surface area contributed by atoms with Gasteiger partial charge in [-0.05, 0) is 68.5 Å². The maximum Gasteiger partial charge on any atom is 0.123 e. The molecule has 3 rings (SSSR count). The Bertz CT molecular complexity index is 466. The van der Waals surface area contributed by atoms with Crippen LogP contribution in [0.3, 0.4) is 0 Å². The Balaban J connectivity index is 1.57. The minimum atomic E-state index is -0.196. The topological polar surface area (TPSA) is 6.48 Å². The van der Waals surface area contributed by atoms with Crippen molar-refractivity contribution < 1.29 is 4.39 Å². The van der Waals surface area contributed by atoms with Crippen LogP contribution in [0.25, 0.3) is 0 Å². The summed E-state index contributed by atoms with van der Waals surface area (Å²) in [6, 6.07) is 4.99. The average molecular weight is 311 g/mol. The second-order valence-corrected chi connectivity index (χ2v) is 6.61. The van der Waals surface area contributed by atoms with Gasteiger partial charge in [-0.1, -0.05) is 0 Å². The Kier molecular flexibility index (Phi) is 5.02. The number of benzene rings is 1. The Labute approximate surface area is 131 Å². The van der Waals surface area contributed by atoms with Crippen molar-refractivity contribution >= 4 is 17.3 Å². The third kappa shape index (κ3) is 3.70. The highest BCUT2D eigenvalue weighted by Gasteiger charge is 2.23. The number of rotatable bonds is 4. The zero-order chi connectivity index (χ0) is 14.7. The summed E-state index contributed by atoms with van der Waals surface area (Å²) in [6.07, 6.45) is 5.20. The maximum absolute atomic E-state index is 13.3. The summed E-state index contributed by atoms with van der Waals surface area (Å²) in [5.41, 5.74) is 2.03. The van der Waals surface area contributed by atoms with Crippen LogP contribution in [0, 0.1) is 11.7 Å². The Hall–Kier alpha value is -0.800. The normalized spacial score (nSPS) is 21.1. The number of anilines is 1. The van der Waals surface area contributed by atoms with E-state index in [1.54, 1.807) is 12.1 Å². The SMILES string of the molecule is Fc1ccc(N2CCC(CN3CCCC3)CC2)c(CCl)c1. The van der Waals surface area contributed by atoms with Gasteiger partial charge in [0.25, 0.3) is 0 Å². The molecule has 1 aromatic carbocycles. The second kappa shape index (κ2) is 6.97. The first-order chi connectivity index (χ1) is 10.3. The third-order valence-electron chi connectivity index (χ3n) is 4.86. The van der Waals surface area contributed by atoms with Gasteiger partial charge in [-0.25, -0.2) is 4.39 Å². The monoisotopic (exact) mass is 310 g/mol. The summed E-state index contributed by atoms with van der Waals surface area (Å²) in [6.45, 7) is 5.96. The van der Waals surface area contributed by atoms with Crippen molar-refractivity contribution in [2.45, 2.75) is 31.6 Å². The smallest absolute Gasteiger partial charge is 0.123 e. The number of nitrogens with zero attached hydrogens (tertiary/aromatic N) is 2. The van der Waals surface area contributed by atoms with Crippen LogP contribution in [0.2, 0.25) is 0 Å². The molecule has 0 unspecified atom stereocenters. The van der Waals surface area contributed by atoms with Gasteiger partial charge in [0.1, 0.15) is 5.82 Å². The zero-order valence-electron chi connectivity index (χ0n) is 12.5. The van der Waals surface area contributed by atoms with Crippen molar-refractivity contribution in [2.24, 2.45) is 5.92 Å². The van der Waals surface area contributed by atoms with E-state index in [0.717, 1.165) is 30.3 Å². The molecule has 21 heavy (non-hydrogen) atoms. The van der Waals surface area contributed by atoms with Crippen molar-refractivity contribution in [2.75, 3.05) is 37.6 Å². The van der Waals surface area contributed by atoms with E-state index in [1.165, 1.54) is 45.3 Å². The van der Waals surface area contributed by atoms with Crippen LogP contribution in [-0.4, -0.2) is 37.6 Å². The lowest BCUT2D eigenvalue weighted by Gasteiger charge is -2.36. The van der Waals surface area contributed by atoms with Crippen LogP contribution < -0.4 is 4.90 Å². The largest absolute Gasteiger partial charge is 0.371 e. The molecule has 0 spiro atoms. The number of alkyl halides is 1. The summed E-state index contributed by atoms with van der Waals surface area (Å²) in [5, 5.41) is 0. The van der Waals surface area contributed by atoms with E-state index in [0.29, 0.717) is 5.88 Å². The van der Waals surface area contributed by atoms with Gasteiger partial charge in [0.05, 0.1) is 0 Å². The summed E-state index contributed by atoms with van der Waals surface area (Å²) in [4.78, 5) is 4.99. The minimum Gasteiger partial charge on any atom is -0.371 e. The van der Waals surface area contributed by atoms with Crippen LogP contribution in [-0.2, 0) is 5.88 Å². The van der Waals surface area contributed by atoms with Gasteiger partial charge in [-0.3, -0.25) is 0 Å². The maximum atomic E-state index is 13.3. The van der Waals surface area contributed by atoms with Crippen LogP contribution in [0.5, 0.6) is 0 Å². The Morgan fingerprint density at radius 3 is 2.48 bits per heavy atom. The second-order valence-electron chi connectivity index (χ2n) is 6.34. The molecule has 2 aliphatic heterocycles. The summed E-state index contributed by atoms with van der Waals surface area (Å²) in [7, 11) is 0. The number of halogens is 2. The van der Waals surface area contributed by atoms with Crippen LogP contribution in [0.4, 0.5) is 10.1 Å². The molecule has 0 radical (unpaired) electrons. The molecule has 0 bridgehead atoms. The van der Waals surface area contributed by atoms with E-state index in [2.05, 4.69) is 9.80 Å². The van der Waals surface area contributed by atoms with E-state index >= 15 is 0 Å². The van der Waals surface area contributed by atoms with Crippen molar-refractivity contribution in [3.05, 3.63) is 29.6 Å². The molecule has 1 aromatic rings. The molecule has 4 heteroatoms. The van der Waals surface area contributed by atoms with Crippen molar-refractivity contribution in [1.29, 1.82) is 0 Å². The molecule has 0 N–H and O–H groups in total. The van der Waals surface area contributed by atoms with Crippen molar-refractivity contribution in [3.63, 3.8) is 0 Å². The molecule has 0 aliphatic carbocycles. The van der Waals surface area contributed by atoms with Gasteiger partial charge in [0.15, 0.2) is 0 Å². The Morgan fingerprint density at radius 2 is 1.81 bits per heavy atom. The summed E-state index contributed by atoms with van der Waals surface area (Å²) >= 11 is 5.97. The molecule has 2 aliphatic rings. The van der Waals surface area contributed by atoms with Gasteiger partial charge >= 0.3 is 0 Å². The first-order valence-electron chi connectivity index (χ1n) is 8.08. The highest BCUT2D eigenvalue weighted by molar-refractivity contribution is 6.17. The standard InChI is InChI=1S/C17H24ClFN2/c18-12-15-11-16(19)3-4-17(15)21-9-5-14(6-10-21)13-20-7-1-2-8-20/h3-4,11,14H,1-2,5-10,12-13H2. The van der Waals surface area contributed by atoms with Gasteiger partial charge in [-0.2, -0.15) is 0 Å². The van der Waals surface area contributed by atoms with E-state index in [-0.39, 0.29) is 5.82 Å². The molecular weight excluding hydrogens is 287 g/mol. The quantitative estimate of drug-likeness (QED) is 0.779. The number of piperidine rings is 1. The summed E-state index contributed by atoms with van der Waals surface area (Å²) < 4.78 is 13.3. The highest BCUT2D eigenvalue weighted by Crippen LogP contribution is 2.28. The van der Waals surface area contributed by atoms with Gasteiger partial charge < -0.3 is 9.80 Å². The van der Waals surface area contributed by atoms with Crippen molar-refractivity contribution in [1.82, 2.24) is 4.90 Å². The highest BCUT2D eigenvalue weighted by atomic mass is 35.5. The predicted octanol–water partition coefficient (Wildman–Crippen LogP) is 3.88. The fraction of sp³-hybridized carbons (Fsp3) is 0.647. The molecule has 2 heterocycles. The van der Waals surface area contributed by atoms with Crippen LogP contribution in [0.15, 0.2) is 18.2 Å². The van der Waals surface area contributed by atoms with Gasteiger partial charge in [-0.15, -0.1) is 11.6 Å². The lowest BCUT2D eigenvalue weighted by molar-refractivity contribution is 0.249. The first kappa shape index (κ1) is 15.1. The third-order valence-corrected chi connectivity index (χ3v) is 5.14. The van der Waals surface area contributed by atoms with Crippen LogP contribution >= 0.6 is 11.6 Å². The van der Waals surface area contributed by atoms with Gasteiger partial charge in [0, 0.05) is 31.2 Å². The number of hydrogen-bond acceptors (Lipinski definition) is 2. The molecule has 0 amide bonds. The number of hydrogen-bond donors (Lipinski definition) is 0.